The van der Waals surface area contributed by atoms with Gasteiger partial charge in [0.15, 0.2) is 0 Å². The lowest BCUT2D eigenvalue weighted by Gasteiger charge is -2.10. The van der Waals surface area contributed by atoms with Crippen molar-refractivity contribution in [3.63, 3.8) is 0 Å². The molecule has 0 atom stereocenters. The number of hydrogen-bond donors (Lipinski definition) is 1. The monoisotopic (exact) mass is 293 g/mol. The summed E-state index contributed by atoms with van der Waals surface area (Å²) in [6.07, 6.45) is 0.701. The van der Waals surface area contributed by atoms with Crippen LogP contribution in [0.15, 0.2) is 23.7 Å². The molecule has 20 heavy (non-hydrogen) atoms. The van der Waals surface area contributed by atoms with Crippen LogP contribution < -0.4 is 9.47 Å². The fourth-order valence-corrected chi connectivity index (χ4v) is 2.51. The smallest absolute Gasteiger partial charge is 0.339 e. The first kappa shape index (κ1) is 14.3. The van der Waals surface area contributed by atoms with E-state index in [1.807, 2.05) is 6.92 Å². The third-order valence-electron chi connectivity index (χ3n) is 2.85. The molecular formula is C14H15NO4S. The van der Waals surface area contributed by atoms with Crippen LogP contribution in [-0.2, 0) is 6.42 Å². The van der Waals surface area contributed by atoms with Gasteiger partial charge >= 0.3 is 5.97 Å². The molecule has 6 heteroatoms. The van der Waals surface area contributed by atoms with Crippen molar-refractivity contribution in [2.24, 2.45) is 0 Å². The highest BCUT2D eigenvalue weighted by molar-refractivity contribution is 7.09. The summed E-state index contributed by atoms with van der Waals surface area (Å²) in [5.74, 6) is -0.130. The van der Waals surface area contributed by atoms with Gasteiger partial charge in [-0.05, 0) is 19.1 Å². The van der Waals surface area contributed by atoms with E-state index in [1.54, 1.807) is 29.0 Å². The molecule has 0 aliphatic carbocycles. The van der Waals surface area contributed by atoms with Crippen molar-refractivity contribution in [1.29, 1.82) is 0 Å². The van der Waals surface area contributed by atoms with Crippen LogP contribution in [0.25, 0.3) is 0 Å². The van der Waals surface area contributed by atoms with Crippen LogP contribution in [0.2, 0.25) is 0 Å². The number of nitrogens with zero attached hydrogens (tertiary/aromatic N) is 1. The molecule has 2 rings (SSSR count). The second-order valence-electron chi connectivity index (χ2n) is 4.13. The van der Waals surface area contributed by atoms with Crippen molar-refractivity contribution in [3.8, 4) is 11.5 Å². The van der Waals surface area contributed by atoms with E-state index in [4.69, 9.17) is 14.6 Å². The number of aryl methyl sites for hydroxylation is 1. The molecule has 0 unspecified atom stereocenters. The van der Waals surface area contributed by atoms with Gasteiger partial charge in [-0.15, -0.1) is 11.3 Å². The van der Waals surface area contributed by atoms with E-state index >= 15 is 0 Å². The van der Waals surface area contributed by atoms with Gasteiger partial charge in [0, 0.05) is 17.4 Å². The molecule has 0 aliphatic rings. The summed E-state index contributed by atoms with van der Waals surface area (Å²) in [7, 11) is 1.53. The molecule has 1 N–H and O–H groups in total. The predicted molar refractivity (Wildman–Crippen MR) is 76.0 cm³/mol. The molecule has 1 aromatic carbocycles. The van der Waals surface area contributed by atoms with Crippen molar-refractivity contribution in [2.45, 2.75) is 13.3 Å². The molecule has 0 radical (unpaired) electrons. The number of carboxylic acid groups (broad SMARTS) is 1. The Bertz CT molecular complexity index is 609. The number of thiazole rings is 1. The van der Waals surface area contributed by atoms with Crippen molar-refractivity contribution in [2.75, 3.05) is 13.7 Å². The standard InChI is InChI=1S/C14H15NO4S/c1-9-13(20-8-15-9)5-6-19-12-7-10(18-2)3-4-11(12)14(16)17/h3-4,7-8H,5-6H2,1-2H3,(H,16,17). The van der Waals surface area contributed by atoms with E-state index in [1.165, 1.54) is 13.2 Å². The van der Waals surface area contributed by atoms with E-state index < -0.39 is 5.97 Å². The zero-order chi connectivity index (χ0) is 14.5. The van der Waals surface area contributed by atoms with Gasteiger partial charge in [-0.1, -0.05) is 0 Å². The van der Waals surface area contributed by atoms with Crippen molar-refractivity contribution < 1.29 is 19.4 Å². The quantitative estimate of drug-likeness (QED) is 0.887. The Hall–Kier alpha value is -2.08. The fourth-order valence-electron chi connectivity index (χ4n) is 1.75. The van der Waals surface area contributed by atoms with E-state index in [9.17, 15) is 4.79 Å². The second-order valence-corrected chi connectivity index (χ2v) is 5.07. The molecule has 0 aliphatic heterocycles. The molecule has 5 nitrogen and oxygen atoms in total. The third kappa shape index (κ3) is 3.27. The first-order valence-electron chi connectivity index (χ1n) is 6.05. The molecule has 0 saturated carbocycles. The number of benzene rings is 1. The Kier molecular flexibility index (Phi) is 4.57. The van der Waals surface area contributed by atoms with Crippen molar-refractivity contribution in [1.82, 2.24) is 4.98 Å². The summed E-state index contributed by atoms with van der Waals surface area (Å²) >= 11 is 1.57. The summed E-state index contributed by atoms with van der Waals surface area (Å²) < 4.78 is 10.7. The number of carbonyl (C=O) groups is 1. The maximum Gasteiger partial charge on any atom is 0.339 e. The maximum atomic E-state index is 11.1. The highest BCUT2D eigenvalue weighted by Gasteiger charge is 2.13. The van der Waals surface area contributed by atoms with Crippen LogP contribution in [0.3, 0.4) is 0 Å². The average molecular weight is 293 g/mol. The number of carboxylic acids is 1. The number of ether oxygens (including phenoxy) is 2. The van der Waals surface area contributed by atoms with Gasteiger partial charge in [-0.25, -0.2) is 9.78 Å². The van der Waals surface area contributed by atoms with Gasteiger partial charge in [0.1, 0.15) is 17.1 Å². The zero-order valence-corrected chi connectivity index (χ0v) is 12.1. The van der Waals surface area contributed by atoms with Crippen LogP contribution >= 0.6 is 11.3 Å². The minimum absolute atomic E-state index is 0.131. The number of hydrogen-bond acceptors (Lipinski definition) is 5. The van der Waals surface area contributed by atoms with Crippen molar-refractivity contribution >= 4 is 17.3 Å². The minimum Gasteiger partial charge on any atom is -0.497 e. The topological polar surface area (TPSA) is 68.7 Å². The number of rotatable bonds is 6. The summed E-state index contributed by atoms with van der Waals surface area (Å²) in [5.41, 5.74) is 2.91. The Morgan fingerprint density at radius 3 is 2.85 bits per heavy atom. The lowest BCUT2D eigenvalue weighted by atomic mass is 10.2. The molecule has 0 fully saturated rings. The summed E-state index contributed by atoms with van der Waals surface area (Å²) in [5, 5.41) is 9.13. The summed E-state index contributed by atoms with van der Waals surface area (Å²) in [4.78, 5) is 16.4. The Morgan fingerprint density at radius 2 is 2.25 bits per heavy atom. The Balaban J connectivity index is 2.07. The molecule has 1 aromatic heterocycles. The molecule has 0 spiro atoms. The number of methoxy groups -OCH3 is 1. The number of aromatic carboxylic acids is 1. The first-order chi connectivity index (χ1) is 9.61. The SMILES string of the molecule is COc1ccc(C(=O)O)c(OCCc2scnc2C)c1. The Morgan fingerprint density at radius 1 is 1.45 bits per heavy atom. The predicted octanol–water partition coefficient (Wildman–Crippen LogP) is 2.78. The van der Waals surface area contributed by atoms with Gasteiger partial charge in [-0.3, -0.25) is 0 Å². The normalized spacial score (nSPS) is 10.3. The van der Waals surface area contributed by atoms with Crippen LogP contribution in [0.1, 0.15) is 20.9 Å². The molecule has 0 amide bonds. The van der Waals surface area contributed by atoms with Crippen LogP contribution in [0.4, 0.5) is 0 Å². The molecular weight excluding hydrogens is 278 g/mol. The third-order valence-corrected chi connectivity index (χ3v) is 3.85. The molecule has 2 aromatic rings. The Labute approximate surface area is 120 Å². The van der Waals surface area contributed by atoms with Gasteiger partial charge in [0.25, 0.3) is 0 Å². The lowest BCUT2D eigenvalue weighted by molar-refractivity contribution is 0.0692. The molecule has 0 bridgehead atoms. The van der Waals surface area contributed by atoms with Gasteiger partial charge in [-0.2, -0.15) is 0 Å². The maximum absolute atomic E-state index is 11.1. The largest absolute Gasteiger partial charge is 0.497 e. The van der Waals surface area contributed by atoms with Crippen LogP contribution in [0, 0.1) is 6.92 Å². The lowest BCUT2D eigenvalue weighted by Crippen LogP contribution is -2.06. The van der Waals surface area contributed by atoms with E-state index in [-0.39, 0.29) is 5.56 Å². The van der Waals surface area contributed by atoms with Crippen LogP contribution in [0.5, 0.6) is 11.5 Å². The average Bonchev–Trinajstić information content (AvgIpc) is 2.84. The van der Waals surface area contributed by atoms with Gasteiger partial charge in [0.05, 0.1) is 24.9 Å². The van der Waals surface area contributed by atoms with E-state index in [0.29, 0.717) is 24.5 Å². The second kappa shape index (κ2) is 6.38. The number of aromatic nitrogens is 1. The van der Waals surface area contributed by atoms with Gasteiger partial charge in [0.2, 0.25) is 0 Å². The summed E-state index contributed by atoms with van der Waals surface area (Å²) in [6, 6.07) is 4.67. The van der Waals surface area contributed by atoms with E-state index in [0.717, 1.165) is 10.6 Å². The van der Waals surface area contributed by atoms with Crippen LogP contribution in [-0.4, -0.2) is 29.8 Å². The van der Waals surface area contributed by atoms with Crippen molar-refractivity contribution in [3.05, 3.63) is 39.8 Å². The highest BCUT2D eigenvalue weighted by Crippen LogP contribution is 2.25. The summed E-state index contributed by atoms with van der Waals surface area (Å²) in [6.45, 7) is 2.34. The first-order valence-corrected chi connectivity index (χ1v) is 6.93. The highest BCUT2D eigenvalue weighted by atomic mass is 32.1. The zero-order valence-electron chi connectivity index (χ0n) is 11.3. The molecule has 1 heterocycles. The van der Waals surface area contributed by atoms with Gasteiger partial charge < -0.3 is 14.6 Å². The van der Waals surface area contributed by atoms with E-state index in [2.05, 4.69) is 4.98 Å². The fraction of sp³-hybridized carbons (Fsp3) is 0.286. The molecule has 0 saturated heterocycles. The molecule has 106 valence electrons. The minimum atomic E-state index is -1.02.